The largest absolute Gasteiger partial charge is 0.399 e. The maximum atomic E-state index is 11.9. The Kier molecular flexibility index (Phi) is 4.57. The molecule has 5 N–H and O–H groups in total. The highest BCUT2D eigenvalue weighted by Crippen LogP contribution is 2.16. The van der Waals surface area contributed by atoms with E-state index in [1.165, 1.54) is 0 Å². The molecule has 1 aliphatic heterocycles. The normalized spacial score (nSPS) is 16.8. The number of rotatable bonds is 4. The summed E-state index contributed by atoms with van der Waals surface area (Å²) in [6, 6.07) is 7.03. The van der Waals surface area contributed by atoms with E-state index in [9.17, 15) is 9.59 Å². The predicted molar refractivity (Wildman–Crippen MR) is 77.8 cm³/mol. The van der Waals surface area contributed by atoms with Gasteiger partial charge in [-0.05, 0) is 50.2 Å². The molecule has 1 heterocycles. The molecule has 20 heavy (non-hydrogen) atoms. The molecule has 1 aromatic carbocycles. The van der Waals surface area contributed by atoms with E-state index in [0.29, 0.717) is 12.2 Å². The summed E-state index contributed by atoms with van der Waals surface area (Å²) in [5, 5.41) is 2.82. The molecule has 1 saturated heterocycles. The van der Waals surface area contributed by atoms with Crippen molar-refractivity contribution in [3.8, 4) is 0 Å². The first-order valence-corrected chi connectivity index (χ1v) is 6.71. The molecule has 1 aliphatic rings. The fourth-order valence-corrected chi connectivity index (χ4v) is 2.35. The van der Waals surface area contributed by atoms with E-state index in [1.807, 2.05) is 4.90 Å². The second-order valence-corrected chi connectivity index (χ2v) is 5.12. The molecular weight excluding hydrogens is 256 g/mol. The minimum absolute atomic E-state index is 0.0496. The van der Waals surface area contributed by atoms with Gasteiger partial charge in [0.2, 0.25) is 11.8 Å². The number of nitrogen functional groups attached to an aromatic ring is 1. The zero-order valence-electron chi connectivity index (χ0n) is 11.3. The molecule has 2 amide bonds. The highest BCUT2D eigenvalue weighted by atomic mass is 16.2. The number of nitrogens with zero attached hydrogens (tertiary/aromatic N) is 1. The topological polar surface area (TPSA) is 101 Å². The number of piperidine rings is 1. The smallest absolute Gasteiger partial charge is 0.238 e. The molecule has 2 rings (SSSR count). The van der Waals surface area contributed by atoms with Crippen LogP contribution in [-0.4, -0.2) is 36.3 Å². The van der Waals surface area contributed by atoms with E-state index in [-0.39, 0.29) is 17.7 Å². The molecule has 108 valence electrons. The van der Waals surface area contributed by atoms with Crippen molar-refractivity contribution in [1.29, 1.82) is 0 Å². The molecule has 0 atom stereocenters. The van der Waals surface area contributed by atoms with Crippen molar-refractivity contribution < 1.29 is 9.59 Å². The maximum Gasteiger partial charge on any atom is 0.238 e. The number of benzene rings is 1. The minimum Gasteiger partial charge on any atom is -0.399 e. The molecule has 0 aliphatic carbocycles. The fourth-order valence-electron chi connectivity index (χ4n) is 2.35. The minimum atomic E-state index is -0.240. The van der Waals surface area contributed by atoms with Gasteiger partial charge in [-0.3, -0.25) is 14.5 Å². The van der Waals surface area contributed by atoms with Gasteiger partial charge >= 0.3 is 0 Å². The number of anilines is 2. The third-order valence-corrected chi connectivity index (χ3v) is 3.55. The number of carbonyl (C=O) groups is 2. The lowest BCUT2D eigenvalue weighted by Gasteiger charge is -2.29. The van der Waals surface area contributed by atoms with Crippen molar-refractivity contribution >= 4 is 23.2 Å². The van der Waals surface area contributed by atoms with Crippen LogP contribution in [0.4, 0.5) is 11.4 Å². The van der Waals surface area contributed by atoms with Crippen LogP contribution < -0.4 is 16.8 Å². The van der Waals surface area contributed by atoms with Crippen LogP contribution in [0.2, 0.25) is 0 Å². The number of nitrogens with one attached hydrogen (secondary N) is 1. The van der Waals surface area contributed by atoms with E-state index in [0.717, 1.165) is 31.6 Å². The van der Waals surface area contributed by atoms with Crippen molar-refractivity contribution in [2.45, 2.75) is 12.8 Å². The number of nitrogens with two attached hydrogens (primary N) is 2. The monoisotopic (exact) mass is 276 g/mol. The molecule has 0 unspecified atom stereocenters. The Bertz CT molecular complexity index is 478. The SMILES string of the molecule is NC(=O)C1CCN(CC(=O)Nc2ccc(N)cc2)CC1. The lowest BCUT2D eigenvalue weighted by molar-refractivity contribution is -0.123. The van der Waals surface area contributed by atoms with E-state index >= 15 is 0 Å². The van der Waals surface area contributed by atoms with Gasteiger partial charge in [-0.25, -0.2) is 0 Å². The van der Waals surface area contributed by atoms with E-state index < -0.39 is 0 Å². The molecule has 0 bridgehead atoms. The third kappa shape index (κ3) is 3.96. The first-order chi connectivity index (χ1) is 9.54. The van der Waals surface area contributed by atoms with Crippen LogP contribution in [0.1, 0.15) is 12.8 Å². The number of hydrogen-bond acceptors (Lipinski definition) is 4. The quantitative estimate of drug-likeness (QED) is 0.693. The maximum absolute atomic E-state index is 11.9. The number of carbonyl (C=O) groups excluding carboxylic acids is 2. The van der Waals surface area contributed by atoms with Gasteiger partial charge in [0.05, 0.1) is 6.54 Å². The zero-order valence-corrected chi connectivity index (χ0v) is 11.3. The molecule has 6 nitrogen and oxygen atoms in total. The highest BCUT2D eigenvalue weighted by molar-refractivity contribution is 5.92. The van der Waals surface area contributed by atoms with Crippen molar-refractivity contribution in [2.75, 3.05) is 30.7 Å². The Morgan fingerprint density at radius 2 is 1.80 bits per heavy atom. The van der Waals surface area contributed by atoms with Gasteiger partial charge in [0.15, 0.2) is 0 Å². The average Bonchev–Trinajstić information content (AvgIpc) is 2.42. The Hall–Kier alpha value is -2.08. The first kappa shape index (κ1) is 14.3. The van der Waals surface area contributed by atoms with Gasteiger partial charge in [0.1, 0.15) is 0 Å². The van der Waals surface area contributed by atoms with Crippen LogP contribution in [0.3, 0.4) is 0 Å². The van der Waals surface area contributed by atoms with Crippen molar-refractivity contribution in [1.82, 2.24) is 4.90 Å². The van der Waals surface area contributed by atoms with E-state index in [4.69, 9.17) is 11.5 Å². The van der Waals surface area contributed by atoms with Gasteiger partial charge in [0.25, 0.3) is 0 Å². The van der Waals surface area contributed by atoms with Crippen LogP contribution in [-0.2, 0) is 9.59 Å². The van der Waals surface area contributed by atoms with E-state index in [2.05, 4.69) is 5.32 Å². The van der Waals surface area contributed by atoms with Crippen LogP contribution in [0.5, 0.6) is 0 Å². The molecule has 0 spiro atoms. The molecular formula is C14H20N4O2. The average molecular weight is 276 g/mol. The summed E-state index contributed by atoms with van der Waals surface area (Å²) in [5.74, 6) is -0.352. The number of primary amides is 1. The third-order valence-electron chi connectivity index (χ3n) is 3.55. The molecule has 1 fully saturated rings. The fraction of sp³-hybridized carbons (Fsp3) is 0.429. The van der Waals surface area contributed by atoms with Crippen LogP contribution in [0.25, 0.3) is 0 Å². The van der Waals surface area contributed by atoms with Gasteiger partial charge in [-0.2, -0.15) is 0 Å². The Labute approximate surface area is 118 Å². The summed E-state index contributed by atoms with van der Waals surface area (Å²) in [7, 11) is 0. The Morgan fingerprint density at radius 1 is 1.20 bits per heavy atom. The summed E-state index contributed by atoms with van der Waals surface area (Å²) in [6.07, 6.45) is 1.45. The second-order valence-electron chi connectivity index (χ2n) is 5.12. The first-order valence-electron chi connectivity index (χ1n) is 6.71. The summed E-state index contributed by atoms with van der Waals surface area (Å²) < 4.78 is 0. The zero-order chi connectivity index (χ0) is 14.5. The number of amides is 2. The van der Waals surface area contributed by atoms with Crippen molar-refractivity contribution in [3.05, 3.63) is 24.3 Å². The Morgan fingerprint density at radius 3 is 2.35 bits per heavy atom. The van der Waals surface area contributed by atoms with Crippen molar-refractivity contribution in [2.24, 2.45) is 11.7 Å². The molecule has 0 aromatic heterocycles. The van der Waals surface area contributed by atoms with Gasteiger partial charge in [-0.1, -0.05) is 0 Å². The molecule has 0 radical (unpaired) electrons. The number of hydrogen-bond donors (Lipinski definition) is 3. The van der Waals surface area contributed by atoms with Gasteiger partial charge in [-0.15, -0.1) is 0 Å². The molecule has 0 saturated carbocycles. The van der Waals surface area contributed by atoms with Crippen LogP contribution >= 0.6 is 0 Å². The summed E-state index contributed by atoms with van der Waals surface area (Å²) in [6.45, 7) is 1.78. The highest BCUT2D eigenvalue weighted by Gasteiger charge is 2.24. The summed E-state index contributed by atoms with van der Waals surface area (Å²) in [4.78, 5) is 25.0. The number of likely N-dealkylation sites (tertiary alicyclic amines) is 1. The summed E-state index contributed by atoms with van der Waals surface area (Å²) in [5.41, 5.74) is 12.3. The lowest BCUT2D eigenvalue weighted by atomic mass is 9.96. The standard InChI is InChI=1S/C14H20N4O2/c15-11-1-3-12(4-2-11)17-13(19)9-18-7-5-10(6-8-18)14(16)20/h1-4,10H,5-9,15H2,(H2,16,20)(H,17,19). The Balaban J connectivity index is 1.78. The molecule has 1 aromatic rings. The van der Waals surface area contributed by atoms with Gasteiger partial charge in [0, 0.05) is 17.3 Å². The van der Waals surface area contributed by atoms with E-state index in [1.54, 1.807) is 24.3 Å². The molecule has 6 heteroatoms. The second kappa shape index (κ2) is 6.38. The van der Waals surface area contributed by atoms with Crippen LogP contribution in [0.15, 0.2) is 24.3 Å². The summed E-state index contributed by atoms with van der Waals surface area (Å²) >= 11 is 0. The lowest BCUT2D eigenvalue weighted by Crippen LogP contribution is -2.42. The predicted octanol–water partition coefficient (Wildman–Crippen LogP) is 0.405. The van der Waals surface area contributed by atoms with Crippen molar-refractivity contribution in [3.63, 3.8) is 0 Å². The van der Waals surface area contributed by atoms with Gasteiger partial charge < -0.3 is 16.8 Å². The van der Waals surface area contributed by atoms with Crippen LogP contribution in [0, 0.1) is 5.92 Å².